The van der Waals surface area contributed by atoms with Crippen LogP contribution in [-0.2, 0) is 6.42 Å². The Bertz CT molecular complexity index is 753. The van der Waals surface area contributed by atoms with Crippen LogP contribution < -0.4 is 0 Å². The highest BCUT2D eigenvalue weighted by Gasteiger charge is 2.23. The Labute approximate surface area is 250 Å². The second-order valence-corrected chi connectivity index (χ2v) is 12.7. The molecule has 0 saturated carbocycles. The molecule has 0 N–H and O–H groups in total. The fourth-order valence-corrected chi connectivity index (χ4v) is 6.53. The van der Waals surface area contributed by atoms with Crippen LogP contribution in [0.3, 0.4) is 0 Å². The van der Waals surface area contributed by atoms with E-state index in [0.29, 0.717) is 12.0 Å². The van der Waals surface area contributed by atoms with E-state index in [-0.39, 0.29) is 0 Å². The number of hydrogen-bond acceptors (Lipinski definition) is 1. The van der Waals surface area contributed by atoms with Gasteiger partial charge in [0.1, 0.15) is 0 Å². The first-order chi connectivity index (χ1) is 19.8. The lowest BCUT2D eigenvalue weighted by Crippen LogP contribution is -2.21. The maximum Gasteiger partial charge on any atom is 0.0948 e. The molecule has 40 heavy (non-hydrogen) atoms. The fourth-order valence-electron chi connectivity index (χ4n) is 6.53. The molecule has 0 saturated heterocycles. The number of nitrogens with zero attached hydrogens (tertiary/aromatic N) is 2. The predicted molar refractivity (Wildman–Crippen MR) is 177 cm³/mol. The van der Waals surface area contributed by atoms with Crippen molar-refractivity contribution in [3.63, 3.8) is 0 Å². The molecule has 0 aliphatic carbocycles. The van der Waals surface area contributed by atoms with E-state index >= 15 is 0 Å². The summed E-state index contributed by atoms with van der Waals surface area (Å²) in [5.74, 6) is 0.693. The first-order valence-electron chi connectivity index (χ1n) is 17.9. The van der Waals surface area contributed by atoms with Crippen molar-refractivity contribution in [2.24, 2.45) is 5.92 Å². The zero-order valence-corrected chi connectivity index (χ0v) is 26.8. The highest BCUT2D eigenvalue weighted by Crippen LogP contribution is 2.32. The van der Waals surface area contributed by atoms with Gasteiger partial charge in [-0.3, -0.25) is 0 Å². The van der Waals surface area contributed by atoms with E-state index in [4.69, 9.17) is 0 Å². The summed E-state index contributed by atoms with van der Waals surface area (Å²) < 4.78 is 2.44. The van der Waals surface area contributed by atoms with Crippen molar-refractivity contribution < 1.29 is 0 Å². The standard InChI is InChI=1S/C38H66N2/c1-3-5-7-9-11-12-13-14-15-16-17-18-20-21-26-30-37(34-36-28-24-23-25-29-36)38(40-33-32-39-35-40)31-27-22-19-10-8-6-4-2/h23-25,28-29,32-33,35,37-38H,3-22,26-27,30-31,34H2,1-2H3. The molecule has 1 heterocycles. The summed E-state index contributed by atoms with van der Waals surface area (Å²) in [6.07, 6.45) is 41.3. The van der Waals surface area contributed by atoms with Gasteiger partial charge in [-0.1, -0.05) is 185 Å². The summed E-state index contributed by atoms with van der Waals surface area (Å²) in [5.41, 5.74) is 1.50. The summed E-state index contributed by atoms with van der Waals surface area (Å²) in [5, 5.41) is 0. The minimum Gasteiger partial charge on any atom is -0.334 e. The van der Waals surface area contributed by atoms with E-state index in [2.05, 4.69) is 66.3 Å². The van der Waals surface area contributed by atoms with Gasteiger partial charge in [0.15, 0.2) is 0 Å². The maximum absolute atomic E-state index is 4.45. The number of imidazole rings is 1. The van der Waals surface area contributed by atoms with Crippen LogP contribution in [0.5, 0.6) is 0 Å². The molecule has 2 atom stereocenters. The number of aromatic nitrogens is 2. The van der Waals surface area contributed by atoms with Crippen LogP contribution in [0.2, 0.25) is 0 Å². The van der Waals surface area contributed by atoms with Crippen LogP contribution in [0.4, 0.5) is 0 Å². The molecule has 2 aromatic rings. The van der Waals surface area contributed by atoms with Gasteiger partial charge >= 0.3 is 0 Å². The highest BCUT2D eigenvalue weighted by atomic mass is 15.1. The molecule has 0 aliphatic rings. The largest absolute Gasteiger partial charge is 0.334 e. The van der Waals surface area contributed by atoms with E-state index in [1.165, 1.54) is 166 Å². The van der Waals surface area contributed by atoms with E-state index in [0.717, 1.165) is 0 Å². The summed E-state index contributed by atoms with van der Waals surface area (Å²) >= 11 is 0. The van der Waals surface area contributed by atoms with Crippen LogP contribution in [0.25, 0.3) is 0 Å². The molecule has 0 amide bonds. The third-order valence-corrected chi connectivity index (χ3v) is 9.07. The van der Waals surface area contributed by atoms with Crippen LogP contribution in [-0.4, -0.2) is 9.55 Å². The molecular weight excluding hydrogens is 484 g/mol. The molecule has 2 rings (SSSR count). The van der Waals surface area contributed by atoms with Crippen molar-refractivity contribution in [3.8, 4) is 0 Å². The number of benzene rings is 1. The Hall–Kier alpha value is -1.57. The van der Waals surface area contributed by atoms with Gasteiger partial charge in [0.05, 0.1) is 6.33 Å². The van der Waals surface area contributed by atoms with Crippen LogP contribution in [0.1, 0.15) is 180 Å². The minimum absolute atomic E-state index is 0.574. The SMILES string of the molecule is CCCCCCCCCCCCCCCCCC(Cc1ccccc1)C(CCCCCCCCC)n1ccnc1. The first kappa shape index (κ1) is 34.6. The number of rotatable bonds is 28. The Balaban J connectivity index is 1.69. The van der Waals surface area contributed by atoms with Crippen molar-refractivity contribution in [1.29, 1.82) is 0 Å². The Morgan fingerprint density at radius 2 is 1.00 bits per heavy atom. The Morgan fingerprint density at radius 1 is 0.550 bits per heavy atom. The lowest BCUT2D eigenvalue weighted by molar-refractivity contribution is 0.275. The average molecular weight is 551 g/mol. The van der Waals surface area contributed by atoms with Crippen molar-refractivity contribution in [3.05, 3.63) is 54.6 Å². The molecular formula is C38H66N2. The molecule has 0 bridgehead atoms. The van der Waals surface area contributed by atoms with Crippen molar-refractivity contribution >= 4 is 0 Å². The highest BCUT2D eigenvalue weighted by molar-refractivity contribution is 5.15. The van der Waals surface area contributed by atoms with Crippen LogP contribution in [0.15, 0.2) is 49.1 Å². The normalized spacial score (nSPS) is 13.1. The zero-order valence-electron chi connectivity index (χ0n) is 26.8. The summed E-state index contributed by atoms with van der Waals surface area (Å²) in [4.78, 5) is 4.45. The van der Waals surface area contributed by atoms with E-state index < -0.39 is 0 Å². The molecule has 0 aliphatic heterocycles. The third kappa shape index (κ3) is 17.3. The molecule has 2 nitrogen and oxygen atoms in total. The molecule has 0 radical (unpaired) electrons. The molecule has 2 unspecified atom stereocenters. The van der Waals surface area contributed by atoms with Gasteiger partial charge in [-0.25, -0.2) is 4.98 Å². The third-order valence-electron chi connectivity index (χ3n) is 9.07. The lowest BCUT2D eigenvalue weighted by Gasteiger charge is -2.29. The minimum atomic E-state index is 0.574. The van der Waals surface area contributed by atoms with E-state index in [1.807, 2.05) is 6.20 Å². The molecule has 0 fully saturated rings. The van der Waals surface area contributed by atoms with Gasteiger partial charge in [0.25, 0.3) is 0 Å². The van der Waals surface area contributed by atoms with Gasteiger partial charge in [-0.15, -0.1) is 0 Å². The molecule has 0 spiro atoms. The number of hydrogen-bond donors (Lipinski definition) is 0. The quantitative estimate of drug-likeness (QED) is 0.0963. The van der Waals surface area contributed by atoms with Crippen LogP contribution in [0, 0.1) is 5.92 Å². The molecule has 228 valence electrons. The fraction of sp³-hybridized carbons (Fsp3) is 0.763. The van der Waals surface area contributed by atoms with Gasteiger partial charge in [0, 0.05) is 18.4 Å². The molecule has 2 heteroatoms. The smallest absolute Gasteiger partial charge is 0.0948 e. The average Bonchev–Trinajstić information content (AvgIpc) is 3.51. The summed E-state index contributed by atoms with van der Waals surface area (Å²) in [7, 11) is 0. The Morgan fingerprint density at radius 3 is 1.45 bits per heavy atom. The Kier molecular flexibility index (Phi) is 21.8. The summed E-state index contributed by atoms with van der Waals surface area (Å²) in [6, 6.07) is 11.8. The predicted octanol–water partition coefficient (Wildman–Crippen LogP) is 12.7. The van der Waals surface area contributed by atoms with Crippen LogP contribution >= 0.6 is 0 Å². The van der Waals surface area contributed by atoms with E-state index in [9.17, 15) is 0 Å². The van der Waals surface area contributed by atoms with Crippen molar-refractivity contribution in [2.45, 2.75) is 180 Å². The molecule has 1 aromatic heterocycles. The monoisotopic (exact) mass is 551 g/mol. The lowest BCUT2D eigenvalue weighted by atomic mass is 9.84. The van der Waals surface area contributed by atoms with E-state index in [1.54, 1.807) is 0 Å². The van der Waals surface area contributed by atoms with Gasteiger partial charge in [0.2, 0.25) is 0 Å². The first-order valence-corrected chi connectivity index (χ1v) is 17.9. The topological polar surface area (TPSA) is 17.8 Å². The number of unbranched alkanes of at least 4 members (excludes halogenated alkanes) is 20. The van der Waals surface area contributed by atoms with Crippen molar-refractivity contribution in [2.75, 3.05) is 0 Å². The maximum atomic E-state index is 4.45. The second kappa shape index (κ2) is 25.2. The molecule has 1 aromatic carbocycles. The van der Waals surface area contributed by atoms with Gasteiger partial charge in [-0.05, 0) is 30.7 Å². The van der Waals surface area contributed by atoms with Crippen molar-refractivity contribution in [1.82, 2.24) is 9.55 Å². The second-order valence-electron chi connectivity index (χ2n) is 12.7. The summed E-state index contributed by atoms with van der Waals surface area (Å²) in [6.45, 7) is 4.61. The van der Waals surface area contributed by atoms with Gasteiger partial charge < -0.3 is 4.57 Å². The van der Waals surface area contributed by atoms with Gasteiger partial charge in [-0.2, -0.15) is 0 Å². The zero-order chi connectivity index (χ0) is 28.4.